The highest BCUT2D eigenvalue weighted by Gasteiger charge is 2.43. The van der Waals surface area contributed by atoms with Gasteiger partial charge in [-0.3, -0.25) is 4.98 Å². The van der Waals surface area contributed by atoms with Gasteiger partial charge >= 0.3 is 0 Å². The number of benzene rings is 2. The Bertz CT molecular complexity index is 1310. The summed E-state index contributed by atoms with van der Waals surface area (Å²) in [6, 6.07) is 23.7. The van der Waals surface area contributed by atoms with Gasteiger partial charge in [-0.1, -0.05) is 35.9 Å². The van der Waals surface area contributed by atoms with Gasteiger partial charge in [-0.15, -0.1) is 0 Å². The number of aromatic nitrogens is 2. The summed E-state index contributed by atoms with van der Waals surface area (Å²) >= 11 is 5.80. The number of nitrogens with one attached hydrogen (secondary N) is 1. The van der Waals surface area contributed by atoms with Crippen LogP contribution in [-0.2, 0) is 0 Å². The molecule has 1 fully saturated rings. The molecule has 2 aromatic heterocycles. The van der Waals surface area contributed by atoms with E-state index < -0.39 is 0 Å². The number of hydrogen-bond donors (Lipinski definition) is 2. The van der Waals surface area contributed by atoms with Crippen molar-refractivity contribution in [2.75, 3.05) is 4.90 Å². The molecule has 2 N–H and O–H groups in total. The minimum absolute atomic E-state index is 0.162. The molecule has 4 aromatic rings. The summed E-state index contributed by atoms with van der Waals surface area (Å²) in [5.74, 6) is 0.195. The molecule has 0 radical (unpaired) electrons. The van der Waals surface area contributed by atoms with Crippen molar-refractivity contribution in [3.05, 3.63) is 107 Å². The summed E-state index contributed by atoms with van der Waals surface area (Å²) in [5.41, 5.74) is 7.35. The third kappa shape index (κ3) is 3.66. The number of hydrogen-bond acceptors (Lipinski definition) is 3. The van der Waals surface area contributed by atoms with E-state index in [-0.39, 0.29) is 17.8 Å². The van der Waals surface area contributed by atoms with Crippen molar-refractivity contribution in [2.45, 2.75) is 32.9 Å². The van der Waals surface area contributed by atoms with Gasteiger partial charge in [-0.2, -0.15) is 0 Å². The smallest absolute Gasteiger partial charge is 0.174 e. The van der Waals surface area contributed by atoms with Crippen LogP contribution in [0.15, 0.2) is 79.0 Å². The zero-order chi connectivity index (χ0) is 23.1. The number of nitrogens with zero attached hydrogens (tertiary/aromatic N) is 3. The molecule has 1 aliphatic heterocycles. The highest BCUT2D eigenvalue weighted by Crippen LogP contribution is 2.45. The molecule has 1 aliphatic rings. The van der Waals surface area contributed by atoms with Crippen LogP contribution in [0.5, 0.6) is 5.75 Å². The van der Waals surface area contributed by atoms with E-state index in [1.807, 2.05) is 41.3 Å². The Morgan fingerprint density at radius 3 is 2.36 bits per heavy atom. The Morgan fingerprint density at radius 2 is 1.67 bits per heavy atom. The molecule has 0 saturated carbocycles. The molecule has 0 aliphatic carbocycles. The number of phenolic OH excluding ortho intramolecular Hbond substituents is 1. The van der Waals surface area contributed by atoms with Crippen molar-refractivity contribution in [1.29, 1.82) is 0 Å². The maximum Gasteiger partial charge on any atom is 0.174 e. The molecule has 5 nitrogen and oxygen atoms in total. The maximum absolute atomic E-state index is 10.7. The summed E-state index contributed by atoms with van der Waals surface area (Å²) in [4.78, 5) is 6.65. The van der Waals surface area contributed by atoms with E-state index >= 15 is 0 Å². The fourth-order valence-corrected chi connectivity index (χ4v) is 5.12. The van der Waals surface area contributed by atoms with E-state index in [4.69, 9.17) is 12.2 Å². The highest BCUT2D eigenvalue weighted by atomic mass is 32.1. The van der Waals surface area contributed by atoms with Crippen molar-refractivity contribution >= 4 is 23.0 Å². The van der Waals surface area contributed by atoms with Gasteiger partial charge in [0.2, 0.25) is 0 Å². The molecular weight excluding hydrogens is 428 g/mol. The van der Waals surface area contributed by atoms with E-state index in [9.17, 15) is 5.11 Å². The summed E-state index contributed by atoms with van der Waals surface area (Å²) in [6.07, 6.45) is 1.80. The quantitative estimate of drug-likeness (QED) is 0.389. The lowest BCUT2D eigenvalue weighted by atomic mass is 9.96. The molecule has 5 rings (SSSR count). The topological polar surface area (TPSA) is 53.3 Å². The fraction of sp³-hybridized carbons (Fsp3) is 0.185. The summed E-state index contributed by atoms with van der Waals surface area (Å²) in [7, 11) is 0. The molecule has 0 unspecified atom stereocenters. The van der Waals surface area contributed by atoms with Gasteiger partial charge in [-0.05, 0) is 81.0 Å². The minimum atomic E-state index is -0.175. The number of phenols is 1. The second-order valence-electron chi connectivity index (χ2n) is 8.48. The first-order valence-corrected chi connectivity index (χ1v) is 11.4. The first-order valence-electron chi connectivity index (χ1n) is 11.0. The van der Waals surface area contributed by atoms with E-state index in [2.05, 4.69) is 66.0 Å². The second-order valence-corrected chi connectivity index (χ2v) is 8.87. The summed E-state index contributed by atoms with van der Waals surface area (Å²) < 4.78 is 2.27. The average molecular weight is 455 g/mol. The summed E-state index contributed by atoms with van der Waals surface area (Å²) in [6.45, 7) is 6.36. The van der Waals surface area contributed by atoms with Gasteiger partial charge in [-0.25, -0.2) is 0 Å². The number of thiocarbonyl (C=S) groups is 1. The Morgan fingerprint density at radius 1 is 0.939 bits per heavy atom. The zero-order valence-corrected chi connectivity index (χ0v) is 19.7. The molecule has 166 valence electrons. The molecule has 33 heavy (non-hydrogen) atoms. The normalized spacial score (nSPS) is 17.9. The molecule has 0 bridgehead atoms. The van der Waals surface area contributed by atoms with Crippen molar-refractivity contribution in [3.8, 4) is 11.4 Å². The fourth-order valence-electron chi connectivity index (χ4n) is 4.78. The van der Waals surface area contributed by atoms with Gasteiger partial charge in [0.05, 0.1) is 23.5 Å². The number of rotatable bonds is 4. The number of pyridine rings is 1. The van der Waals surface area contributed by atoms with E-state index in [1.165, 1.54) is 5.56 Å². The van der Waals surface area contributed by atoms with E-state index in [0.29, 0.717) is 10.8 Å². The number of anilines is 1. The molecular formula is C27H26N4OS. The monoisotopic (exact) mass is 454 g/mol. The summed E-state index contributed by atoms with van der Waals surface area (Å²) in [5, 5.41) is 14.7. The molecule has 2 aromatic carbocycles. The first kappa shape index (κ1) is 21.2. The van der Waals surface area contributed by atoms with Gasteiger partial charge in [0.25, 0.3) is 0 Å². The zero-order valence-electron chi connectivity index (χ0n) is 18.9. The highest BCUT2D eigenvalue weighted by molar-refractivity contribution is 7.80. The Hall–Kier alpha value is -3.64. The lowest BCUT2D eigenvalue weighted by Gasteiger charge is -2.28. The van der Waals surface area contributed by atoms with Crippen molar-refractivity contribution in [2.24, 2.45) is 0 Å². The third-order valence-electron chi connectivity index (χ3n) is 6.32. The molecule has 0 amide bonds. The Labute approximate surface area is 199 Å². The van der Waals surface area contributed by atoms with Gasteiger partial charge in [0, 0.05) is 23.3 Å². The van der Waals surface area contributed by atoms with E-state index in [0.717, 1.165) is 28.3 Å². The van der Waals surface area contributed by atoms with Crippen LogP contribution in [0, 0.1) is 20.8 Å². The molecule has 2 atom stereocenters. The van der Waals surface area contributed by atoms with E-state index in [1.54, 1.807) is 12.3 Å². The SMILES string of the molecule is Cc1ccc(-n2c(C)cc([C@H]3[C@H](c4ccccn4)NC(=S)N3c3ccccc3O)c2C)cc1. The average Bonchev–Trinajstić information content (AvgIpc) is 3.31. The van der Waals surface area contributed by atoms with Crippen LogP contribution in [0.4, 0.5) is 5.69 Å². The lowest BCUT2D eigenvalue weighted by Crippen LogP contribution is -2.29. The number of para-hydroxylation sites is 2. The maximum atomic E-state index is 10.7. The molecule has 6 heteroatoms. The van der Waals surface area contributed by atoms with Crippen LogP contribution in [-0.4, -0.2) is 19.8 Å². The predicted molar refractivity (Wildman–Crippen MR) is 136 cm³/mol. The largest absolute Gasteiger partial charge is 0.506 e. The Balaban J connectivity index is 1.69. The minimum Gasteiger partial charge on any atom is -0.506 e. The van der Waals surface area contributed by atoms with Crippen molar-refractivity contribution in [1.82, 2.24) is 14.9 Å². The van der Waals surface area contributed by atoms with Gasteiger partial charge in [0.15, 0.2) is 5.11 Å². The van der Waals surface area contributed by atoms with Gasteiger partial charge in [0.1, 0.15) is 5.75 Å². The van der Waals surface area contributed by atoms with Crippen LogP contribution in [0.3, 0.4) is 0 Å². The van der Waals surface area contributed by atoms with Crippen LogP contribution < -0.4 is 10.2 Å². The lowest BCUT2D eigenvalue weighted by molar-refractivity contribution is 0.472. The molecule has 3 heterocycles. The van der Waals surface area contributed by atoms with Crippen LogP contribution in [0.25, 0.3) is 5.69 Å². The first-order chi connectivity index (χ1) is 16.0. The Kier molecular flexibility index (Phi) is 5.38. The third-order valence-corrected chi connectivity index (χ3v) is 6.64. The van der Waals surface area contributed by atoms with Gasteiger partial charge < -0.3 is 19.9 Å². The number of aromatic hydroxyl groups is 1. The van der Waals surface area contributed by atoms with Crippen LogP contribution in [0.2, 0.25) is 0 Å². The number of aryl methyl sites for hydroxylation is 2. The standard InChI is InChI=1S/C27H26N4OS/c1-17-11-13-20(14-12-17)30-18(2)16-21(19(30)3)26-25(22-8-6-7-15-28-22)29-27(33)31(26)23-9-4-5-10-24(23)32/h4-16,25-26,32H,1-3H3,(H,29,33)/t25-,26-/m0/s1. The van der Waals surface area contributed by atoms with Crippen molar-refractivity contribution < 1.29 is 5.11 Å². The second kappa shape index (κ2) is 8.37. The molecule has 1 saturated heterocycles. The van der Waals surface area contributed by atoms with Crippen molar-refractivity contribution in [3.63, 3.8) is 0 Å². The van der Waals surface area contributed by atoms with Crippen LogP contribution >= 0.6 is 12.2 Å². The van der Waals surface area contributed by atoms with Crippen LogP contribution in [0.1, 0.15) is 40.3 Å². The predicted octanol–water partition coefficient (Wildman–Crippen LogP) is 5.68. The molecule has 0 spiro atoms.